The molecule has 1 heterocycles. The number of aliphatic hydroxyl groups is 1. The van der Waals surface area contributed by atoms with Gasteiger partial charge in [0.05, 0.1) is 24.5 Å². The molecule has 1 aliphatic heterocycles. The third kappa shape index (κ3) is 3.33. The largest absolute Gasteiger partial charge is 0.502 e. The van der Waals surface area contributed by atoms with Crippen molar-refractivity contribution in [3.63, 3.8) is 0 Å². The van der Waals surface area contributed by atoms with Gasteiger partial charge in [-0.3, -0.25) is 9.59 Å². The van der Waals surface area contributed by atoms with E-state index in [0.717, 1.165) is 16.0 Å². The van der Waals surface area contributed by atoms with Crippen LogP contribution in [-0.4, -0.2) is 30.1 Å². The lowest BCUT2D eigenvalue weighted by Gasteiger charge is -2.18. The third-order valence-corrected chi connectivity index (χ3v) is 4.50. The fourth-order valence-electron chi connectivity index (χ4n) is 3.27. The Balaban J connectivity index is 2.03. The first-order valence-electron chi connectivity index (χ1n) is 9.18. The Morgan fingerprint density at radius 2 is 1.57 bits per heavy atom. The summed E-state index contributed by atoms with van der Waals surface area (Å²) in [7, 11) is 0. The van der Waals surface area contributed by atoms with Crippen molar-refractivity contribution in [3.8, 4) is 11.5 Å². The lowest BCUT2D eigenvalue weighted by Crippen LogP contribution is -2.31. The molecule has 0 fully saturated rings. The third-order valence-electron chi connectivity index (χ3n) is 4.50. The van der Waals surface area contributed by atoms with Crippen molar-refractivity contribution < 1.29 is 24.2 Å². The predicted octanol–water partition coefficient (Wildman–Crippen LogP) is 3.94. The number of imide groups is 1. The summed E-state index contributed by atoms with van der Waals surface area (Å²) < 4.78 is 11.1. The first-order valence-corrected chi connectivity index (χ1v) is 9.18. The summed E-state index contributed by atoms with van der Waals surface area (Å²) in [5.41, 5.74) is 2.71. The van der Waals surface area contributed by atoms with Gasteiger partial charge in [0.1, 0.15) is 0 Å². The molecule has 2 amide bonds. The van der Waals surface area contributed by atoms with Crippen LogP contribution in [0.5, 0.6) is 11.5 Å². The molecular formula is C22H23NO5. The normalized spacial score (nSPS) is 14.1. The van der Waals surface area contributed by atoms with E-state index in [1.165, 1.54) is 0 Å². The number of carbonyl (C=O) groups excluding carboxylic acids is 2. The van der Waals surface area contributed by atoms with Gasteiger partial charge in [0.15, 0.2) is 17.3 Å². The van der Waals surface area contributed by atoms with Crippen molar-refractivity contribution in [2.45, 2.75) is 27.7 Å². The zero-order valence-electron chi connectivity index (χ0n) is 16.4. The van der Waals surface area contributed by atoms with Crippen molar-refractivity contribution in [1.82, 2.24) is 0 Å². The molecule has 0 bridgehead atoms. The molecular weight excluding hydrogens is 358 g/mol. The van der Waals surface area contributed by atoms with Crippen LogP contribution in [0.2, 0.25) is 0 Å². The number of carbonyl (C=O) groups is 2. The molecule has 6 nitrogen and oxygen atoms in total. The van der Waals surface area contributed by atoms with Crippen LogP contribution in [0.4, 0.5) is 5.69 Å². The summed E-state index contributed by atoms with van der Waals surface area (Å²) in [4.78, 5) is 26.7. The van der Waals surface area contributed by atoms with Gasteiger partial charge in [-0.15, -0.1) is 0 Å². The molecule has 0 saturated heterocycles. The van der Waals surface area contributed by atoms with E-state index in [0.29, 0.717) is 36.0 Å². The Morgan fingerprint density at radius 3 is 2.21 bits per heavy atom. The quantitative estimate of drug-likeness (QED) is 0.767. The van der Waals surface area contributed by atoms with Gasteiger partial charge in [-0.2, -0.15) is 0 Å². The minimum absolute atomic E-state index is 0.00865. The van der Waals surface area contributed by atoms with E-state index >= 15 is 0 Å². The summed E-state index contributed by atoms with van der Waals surface area (Å²) in [6, 6.07) is 10.3. The molecule has 0 aromatic heterocycles. The van der Waals surface area contributed by atoms with Crippen LogP contribution in [0.15, 0.2) is 42.2 Å². The van der Waals surface area contributed by atoms with E-state index in [-0.39, 0.29) is 5.57 Å². The van der Waals surface area contributed by atoms with Crippen LogP contribution >= 0.6 is 0 Å². The highest BCUT2D eigenvalue weighted by Crippen LogP contribution is 2.37. The second-order valence-electron chi connectivity index (χ2n) is 6.48. The second kappa shape index (κ2) is 7.76. The Morgan fingerprint density at radius 1 is 0.893 bits per heavy atom. The van der Waals surface area contributed by atoms with Crippen LogP contribution in [0.1, 0.15) is 30.5 Å². The Bertz CT molecular complexity index is 977. The summed E-state index contributed by atoms with van der Waals surface area (Å²) in [6.07, 6.45) is 0. The van der Waals surface area contributed by atoms with Gasteiger partial charge in [-0.25, -0.2) is 4.90 Å². The minimum Gasteiger partial charge on any atom is -0.502 e. The molecule has 2 aromatic carbocycles. The first-order chi connectivity index (χ1) is 13.4. The van der Waals surface area contributed by atoms with Gasteiger partial charge in [0, 0.05) is 6.07 Å². The topological polar surface area (TPSA) is 76.1 Å². The average Bonchev–Trinajstić information content (AvgIpc) is 2.87. The molecule has 0 aliphatic carbocycles. The molecule has 1 N–H and O–H groups in total. The van der Waals surface area contributed by atoms with E-state index in [1.54, 1.807) is 24.3 Å². The molecule has 6 heteroatoms. The number of aryl methyl sites for hydroxylation is 2. The lowest BCUT2D eigenvalue weighted by molar-refractivity contribution is -0.121. The van der Waals surface area contributed by atoms with E-state index in [9.17, 15) is 14.7 Å². The van der Waals surface area contributed by atoms with Gasteiger partial charge in [-0.05, 0) is 51.0 Å². The van der Waals surface area contributed by atoms with Crippen LogP contribution in [0, 0.1) is 13.8 Å². The summed E-state index contributed by atoms with van der Waals surface area (Å²) >= 11 is 0. The Hall–Kier alpha value is -3.28. The van der Waals surface area contributed by atoms with E-state index in [4.69, 9.17) is 9.47 Å². The number of anilines is 1. The van der Waals surface area contributed by atoms with Crippen LogP contribution < -0.4 is 14.4 Å². The van der Waals surface area contributed by atoms with Crippen LogP contribution in [0.3, 0.4) is 0 Å². The fraction of sp³-hybridized carbons (Fsp3) is 0.273. The minimum atomic E-state index is -0.758. The van der Waals surface area contributed by atoms with Gasteiger partial charge in [0.25, 0.3) is 5.91 Å². The van der Waals surface area contributed by atoms with Crippen molar-refractivity contribution >= 4 is 23.1 Å². The number of benzene rings is 2. The van der Waals surface area contributed by atoms with Gasteiger partial charge in [0.2, 0.25) is 0 Å². The highest BCUT2D eigenvalue weighted by molar-refractivity contribution is 6.45. The Labute approximate surface area is 164 Å². The summed E-state index contributed by atoms with van der Waals surface area (Å²) in [6.45, 7) is 8.33. The van der Waals surface area contributed by atoms with Gasteiger partial charge >= 0.3 is 5.91 Å². The number of aliphatic hydroxyl groups excluding tert-OH is 1. The molecule has 0 saturated carbocycles. The number of hydrogen-bond acceptors (Lipinski definition) is 5. The maximum absolute atomic E-state index is 13.1. The second-order valence-corrected chi connectivity index (χ2v) is 6.48. The molecule has 0 spiro atoms. The number of amides is 2. The first kappa shape index (κ1) is 19.5. The van der Waals surface area contributed by atoms with Gasteiger partial charge < -0.3 is 14.6 Å². The molecule has 2 aromatic rings. The zero-order valence-corrected chi connectivity index (χ0v) is 16.4. The number of hydrogen-bond donors (Lipinski definition) is 1. The molecule has 0 atom stereocenters. The highest BCUT2D eigenvalue weighted by atomic mass is 16.5. The lowest BCUT2D eigenvalue weighted by atomic mass is 9.98. The molecule has 0 unspecified atom stereocenters. The number of ether oxygens (including phenoxy) is 2. The van der Waals surface area contributed by atoms with Crippen LogP contribution in [0.25, 0.3) is 5.57 Å². The zero-order chi connectivity index (χ0) is 20.4. The molecule has 146 valence electrons. The maximum Gasteiger partial charge on any atom is 0.301 e. The van der Waals surface area contributed by atoms with E-state index < -0.39 is 17.6 Å². The average molecular weight is 381 g/mol. The van der Waals surface area contributed by atoms with Crippen molar-refractivity contribution in [2.24, 2.45) is 0 Å². The van der Waals surface area contributed by atoms with Crippen LogP contribution in [-0.2, 0) is 9.59 Å². The molecule has 3 rings (SSSR count). The summed E-state index contributed by atoms with van der Waals surface area (Å²) in [5, 5.41) is 10.4. The smallest absolute Gasteiger partial charge is 0.301 e. The monoisotopic (exact) mass is 381 g/mol. The number of rotatable bonds is 6. The SMILES string of the molecule is CCOc1ccc(N2C(=O)C(O)=C(c3ccc(C)cc3C)C2=O)cc1OCC. The van der Waals surface area contributed by atoms with E-state index in [2.05, 4.69) is 0 Å². The maximum atomic E-state index is 13.1. The molecule has 28 heavy (non-hydrogen) atoms. The molecule has 0 radical (unpaired) electrons. The van der Waals surface area contributed by atoms with E-state index in [1.807, 2.05) is 39.8 Å². The highest BCUT2D eigenvalue weighted by Gasteiger charge is 2.41. The van der Waals surface area contributed by atoms with Crippen molar-refractivity contribution in [2.75, 3.05) is 18.1 Å². The number of nitrogens with zero attached hydrogens (tertiary/aromatic N) is 1. The summed E-state index contributed by atoms with van der Waals surface area (Å²) in [5.74, 6) is -0.919. The van der Waals surface area contributed by atoms with Crippen molar-refractivity contribution in [3.05, 3.63) is 58.8 Å². The molecule has 1 aliphatic rings. The standard InChI is InChI=1S/C22H23NO5/c1-5-27-17-10-8-15(12-18(17)28-6-2)23-21(25)19(20(24)22(23)26)16-9-7-13(3)11-14(16)4/h7-12,24H,5-6H2,1-4H3. The van der Waals surface area contributed by atoms with Crippen molar-refractivity contribution in [1.29, 1.82) is 0 Å². The van der Waals surface area contributed by atoms with Gasteiger partial charge in [-0.1, -0.05) is 23.8 Å². The Kier molecular flexibility index (Phi) is 5.40. The fourth-order valence-corrected chi connectivity index (χ4v) is 3.27. The predicted molar refractivity (Wildman–Crippen MR) is 107 cm³/mol.